The Morgan fingerprint density at radius 3 is 2.33 bits per heavy atom. The Morgan fingerprint density at radius 2 is 1.74 bits per heavy atom. The van der Waals surface area contributed by atoms with Crippen LogP contribution in [0.5, 0.6) is 0 Å². The molecule has 0 aliphatic carbocycles. The maximum atomic E-state index is 13.0. The molecule has 1 saturated heterocycles. The molecule has 2 amide bonds. The summed E-state index contributed by atoms with van der Waals surface area (Å²) in [7, 11) is 3.97. The first-order valence-electron chi connectivity index (χ1n) is 9.40. The van der Waals surface area contributed by atoms with Crippen molar-refractivity contribution in [1.82, 2.24) is 4.90 Å². The number of amides is 2. The molecular weight excluding hydrogens is 338 g/mol. The fourth-order valence-electron chi connectivity index (χ4n) is 3.46. The summed E-state index contributed by atoms with van der Waals surface area (Å²) in [5, 5.41) is 0. The number of benzene rings is 2. The Labute approximate surface area is 161 Å². The van der Waals surface area contributed by atoms with Gasteiger partial charge in [0, 0.05) is 51.5 Å². The van der Waals surface area contributed by atoms with Gasteiger partial charge >= 0.3 is 0 Å². The monoisotopic (exact) mass is 365 g/mol. The van der Waals surface area contributed by atoms with Crippen LogP contribution in [0.3, 0.4) is 0 Å². The highest BCUT2D eigenvalue weighted by atomic mass is 16.2. The van der Waals surface area contributed by atoms with Crippen LogP contribution in [0.25, 0.3) is 0 Å². The molecule has 142 valence electrons. The lowest BCUT2D eigenvalue weighted by Gasteiger charge is -2.24. The molecule has 1 aliphatic rings. The second-order valence-corrected chi connectivity index (χ2v) is 7.15. The van der Waals surface area contributed by atoms with Crippen LogP contribution in [0, 0.1) is 5.92 Å². The van der Waals surface area contributed by atoms with E-state index in [-0.39, 0.29) is 24.2 Å². The number of hydrogen-bond donors (Lipinski definition) is 0. The summed E-state index contributed by atoms with van der Waals surface area (Å²) < 4.78 is 0. The van der Waals surface area contributed by atoms with Gasteiger partial charge in [0.25, 0.3) is 0 Å². The van der Waals surface area contributed by atoms with Crippen LogP contribution in [0.1, 0.15) is 18.9 Å². The van der Waals surface area contributed by atoms with Gasteiger partial charge in [0.15, 0.2) is 0 Å². The van der Waals surface area contributed by atoms with Gasteiger partial charge in [0.2, 0.25) is 11.8 Å². The first-order valence-corrected chi connectivity index (χ1v) is 9.40. The van der Waals surface area contributed by atoms with E-state index in [2.05, 4.69) is 0 Å². The summed E-state index contributed by atoms with van der Waals surface area (Å²) in [6.45, 7) is 3.65. The Kier molecular flexibility index (Phi) is 5.79. The largest absolute Gasteiger partial charge is 0.378 e. The lowest BCUT2D eigenvalue weighted by atomic mass is 10.1. The molecule has 0 spiro atoms. The van der Waals surface area contributed by atoms with Crippen molar-refractivity contribution in [3.63, 3.8) is 0 Å². The summed E-state index contributed by atoms with van der Waals surface area (Å²) in [6, 6.07) is 17.8. The van der Waals surface area contributed by atoms with Crippen LogP contribution >= 0.6 is 0 Å². The predicted octanol–water partition coefficient (Wildman–Crippen LogP) is 3.15. The van der Waals surface area contributed by atoms with Crippen molar-refractivity contribution >= 4 is 23.2 Å². The Hall–Kier alpha value is -2.82. The summed E-state index contributed by atoms with van der Waals surface area (Å²) >= 11 is 0. The van der Waals surface area contributed by atoms with E-state index in [4.69, 9.17) is 0 Å². The molecule has 1 atom stereocenters. The van der Waals surface area contributed by atoms with Gasteiger partial charge in [-0.15, -0.1) is 0 Å². The third-order valence-electron chi connectivity index (χ3n) is 5.06. The summed E-state index contributed by atoms with van der Waals surface area (Å²) in [5.74, 6) is -0.210. The van der Waals surface area contributed by atoms with Crippen molar-refractivity contribution < 1.29 is 9.59 Å². The van der Waals surface area contributed by atoms with E-state index in [0.717, 1.165) is 16.9 Å². The SMILES string of the molecule is CCN(Cc1ccccc1)C(=O)C1CC(=O)N(c2ccc(N(C)C)cc2)C1. The van der Waals surface area contributed by atoms with Crippen LogP contribution < -0.4 is 9.80 Å². The van der Waals surface area contributed by atoms with Crippen LogP contribution in [0.2, 0.25) is 0 Å². The topological polar surface area (TPSA) is 43.9 Å². The first kappa shape index (κ1) is 19.0. The van der Waals surface area contributed by atoms with Gasteiger partial charge in [0.1, 0.15) is 0 Å². The van der Waals surface area contributed by atoms with Crippen molar-refractivity contribution in [2.75, 3.05) is 37.0 Å². The smallest absolute Gasteiger partial charge is 0.228 e. The number of carbonyl (C=O) groups is 2. The fourth-order valence-corrected chi connectivity index (χ4v) is 3.46. The van der Waals surface area contributed by atoms with E-state index in [0.29, 0.717) is 19.6 Å². The third kappa shape index (κ3) is 4.30. The highest BCUT2D eigenvalue weighted by Crippen LogP contribution is 2.28. The molecule has 27 heavy (non-hydrogen) atoms. The normalized spacial score (nSPS) is 16.5. The van der Waals surface area contributed by atoms with Crippen molar-refractivity contribution in [3.05, 3.63) is 60.2 Å². The summed E-state index contributed by atoms with van der Waals surface area (Å²) in [5.41, 5.74) is 3.04. The zero-order chi connectivity index (χ0) is 19.4. The number of carbonyl (C=O) groups excluding carboxylic acids is 2. The number of nitrogens with zero attached hydrogens (tertiary/aromatic N) is 3. The number of rotatable bonds is 6. The molecule has 1 fully saturated rings. The third-order valence-corrected chi connectivity index (χ3v) is 5.06. The predicted molar refractivity (Wildman–Crippen MR) is 109 cm³/mol. The Morgan fingerprint density at radius 1 is 1.07 bits per heavy atom. The second kappa shape index (κ2) is 8.25. The highest BCUT2D eigenvalue weighted by molar-refractivity contribution is 6.00. The molecule has 5 heteroatoms. The van der Waals surface area contributed by atoms with Gasteiger partial charge in [-0.25, -0.2) is 0 Å². The van der Waals surface area contributed by atoms with Gasteiger partial charge in [-0.3, -0.25) is 9.59 Å². The van der Waals surface area contributed by atoms with Gasteiger partial charge in [-0.1, -0.05) is 30.3 Å². The van der Waals surface area contributed by atoms with Crippen molar-refractivity contribution in [2.45, 2.75) is 19.9 Å². The van der Waals surface area contributed by atoms with E-state index in [1.54, 1.807) is 4.90 Å². The molecule has 2 aromatic carbocycles. The van der Waals surface area contributed by atoms with Crippen molar-refractivity contribution in [2.24, 2.45) is 5.92 Å². The quantitative estimate of drug-likeness (QED) is 0.790. The zero-order valence-corrected chi connectivity index (χ0v) is 16.3. The van der Waals surface area contributed by atoms with Crippen LogP contribution in [0.15, 0.2) is 54.6 Å². The van der Waals surface area contributed by atoms with E-state index in [1.165, 1.54) is 0 Å². The molecular formula is C22H27N3O2. The van der Waals surface area contributed by atoms with E-state index < -0.39 is 0 Å². The maximum Gasteiger partial charge on any atom is 0.228 e. The summed E-state index contributed by atoms with van der Waals surface area (Å²) in [6.07, 6.45) is 0.277. The minimum atomic E-state index is -0.283. The highest BCUT2D eigenvalue weighted by Gasteiger charge is 2.36. The van der Waals surface area contributed by atoms with E-state index >= 15 is 0 Å². The molecule has 5 nitrogen and oxygen atoms in total. The molecule has 2 aromatic rings. The molecule has 0 aromatic heterocycles. The summed E-state index contributed by atoms with van der Waals surface area (Å²) in [4.78, 5) is 31.1. The molecule has 0 bridgehead atoms. The second-order valence-electron chi connectivity index (χ2n) is 7.15. The minimum absolute atomic E-state index is 0.0155. The standard InChI is InChI=1S/C22H27N3O2/c1-4-24(15-17-8-6-5-7-9-17)22(27)18-14-21(26)25(16-18)20-12-10-19(11-13-20)23(2)3/h5-13,18H,4,14-16H2,1-3H3. The lowest BCUT2D eigenvalue weighted by molar-refractivity contribution is -0.136. The van der Waals surface area contributed by atoms with E-state index in [9.17, 15) is 9.59 Å². The molecule has 1 unspecified atom stereocenters. The number of anilines is 2. The minimum Gasteiger partial charge on any atom is -0.378 e. The molecule has 1 heterocycles. The lowest BCUT2D eigenvalue weighted by Crippen LogP contribution is -2.37. The molecule has 0 radical (unpaired) electrons. The maximum absolute atomic E-state index is 13.0. The van der Waals surface area contributed by atoms with Gasteiger partial charge in [-0.05, 0) is 36.8 Å². The molecule has 0 saturated carbocycles. The first-order chi connectivity index (χ1) is 13.0. The van der Waals surface area contributed by atoms with Crippen LogP contribution in [-0.2, 0) is 16.1 Å². The van der Waals surface area contributed by atoms with Crippen LogP contribution in [0.4, 0.5) is 11.4 Å². The Bertz CT molecular complexity index is 787. The molecule has 1 aliphatic heterocycles. The molecule has 3 rings (SSSR count). The zero-order valence-electron chi connectivity index (χ0n) is 16.3. The average molecular weight is 365 g/mol. The van der Waals surface area contributed by atoms with Gasteiger partial charge in [0.05, 0.1) is 5.92 Å². The molecule has 0 N–H and O–H groups in total. The van der Waals surface area contributed by atoms with Crippen molar-refractivity contribution in [1.29, 1.82) is 0 Å². The van der Waals surface area contributed by atoms with Gasteiger partial charge < -0.3 is 14.7 Å². The van der Waals surface area contributed by atoms with Gasteiger partial charge in [-0.2, -0.15) is 0 Å². The number of hydrogen-bond acceptors (Lipinski definition) is 3. The Balaban J connectivity index is 1.69. The van der Waals surface area contributed by atoms with Crippen LogP contribution in [-0.4, -0.2) is 43.9 Å². The van der Waals surface area contributed by atoms with Crippen molar-refractivity contribution in [3.8, 4) is 0 Å². The fraction of sp³-hybridized carbons (Fsp3) is 0.364. The van der Waals surface area contributed by atoms with E-state index in [1.807, 2.05) is 85.4 Å². The average Bonchev–Trinajstić information content (AvgIpc) is 3.08.